The maximum absolute atomic E-state index is 12.9. The second-order valence-corrected chi connectivity index (χ2v) is 6.78. The van der Waals surface area contributed by atoms with Gasteiger partial charge in [0.1, 0.15) is 0 Å². The van der Waals surface area contributed by atoms with E-state index in [1.54, 1.807) is 6.20 Å². The Morgan fingerprint density at radius 3 is 2.64 bits per heavy atom. The molecule has 1 N–H and O–H groups in total. The summed E-state index contributed by atoms with van der Waals surface area (Å²) >= 11 is 0. The van der Waals surface area contributed by atoms with Crippen LogP contribution in [0.25, 0.3) is 16.8 Å². The summed E-state index contributed by atoms with van der Waals surface area (Å²) in [6, 6.07) is 19.6. The zero-order chi connectivity index (χ0) is 19.5. The highest BCUT2D eigenvalue weighted by Crippen LogP contribution is 2.24. The van der Waals surface area contributed by atoms with Crippen LogP contribution in [0.2, 0.25) is 0 Å². The maximum Gasteiger partial charge on any atom is 0.276 e. The molecule has 2 aromatic heterocycles. The van der Waals surface area contributed by atoms with Crippen LogP contribution in [0.5, 0.6) is 0 Å². The normalized spacial score (nSPS) is 10.9. The Morgan fingerprint density at radius 2 is 1.89 bits per heavy atom. The molecule has 4 rings (SSSR count). The molecular formula is C23H20N4O. The zero-order valence-electron chi connectivity index (χ0n) is 15.6. The fourth-order valence-electron chi connectivity index (χ4n) is 3.50. The van der Waals surface area contributed by atoms with Gasteiger partial charge in [-0.1, -0.05) is 55.8 Å². The highest BCUT2D eigenvalue weighted by molar-refractivity contribution is 5.70. The summed E-state index contributed by atoms with van der Waals surface area (Å²) in [6.45, 7) is 2.09. The summed E-state index contributed by atoms with van der Waals surface area (Å²) in [4.78, 5) is 17.6. The molecule has 0 amide bonds. The lowest BCUT2D eigenvalue weighted by molar-refractivity contribution is 0.809. The van der Waals surface area contributed by atoms with Gasteiger partial charge in [0, 0.05) is 24.2 Å². The number of nitrogens with one attached hydrogen (secondary N) is 1. The quantitative estimate of drug-likeness (QED) is 0.576. The molecule has 0 aliphatic rings. The molecule has 2 aromatic carbocycles. The van der Waals surface area contributed by atoms with Crippen LogP contribution in [0, 0.1) is 11.3 Å². The lowest BCUT2D eigenvalue weighted by Gasteiger charge is -2.10. The summed E-state index contributed by atoms with van der Waals surface area (Å²) in [7, 11) is 0. The minimum absolute atomic E-state index is 0.0441. The van der Waals surface area contributed by atoms with E-state index < -0.39 is 0 Å². The third-order valence-electron chi connectivity index (χ3n) is 4.90. The van der Waals surface area contributed by atoms with E-state index in [0.29, 0.717) is 17.6 Å². The van der Waals surface area contributed by atoms with E-state index in [1.165, 1.54) is 4.52 Å². The first-order valence-corrected chi connectivity index (χ1v) is 9.37. The number of fused-ring (bicyclic) bond motifs is 1. The molecule has 0 spiro atoms. The number of aromatic nitrogens is 3. The average Bonchev–Trinajstić information content (AvgIpc) is 3.20. The van der Waals surface area contributed by atoms with Crippen molar-refractivity contribution in [2.75, 3.05) is 0 Å². The molecule has 0 unspecified atom stereocenters. The molecule has 0 atom stereocenters. The standard InChI is InChI=1S/C23H20N4O/c1-2-5-21-20(23(28)27-22(26-21)12-13-25-27)14-16-8-10-17(11-9-16)19-7-4-3-6-18(19)15-24/h3-4,6-13,25H,2,5,14H2,1H3. The number of nitrogens with zero attached hydrogens (tertiary/aromatic N) is 3. The molecule has 0 saturated carbocycles. The molecule has 0 bridgehead atoms. The number of hydrogen-bond acceptors (Lipinski definition) is 3. The van der Waals surface area contributed by atoms with Crippen molar-refractivity contribution in [1.29, 1.82) is 5.26 Å². The minimum atomic E-state index is -0.0441. The highest BCUT2D eigenvalue weighted by atomic mass is 16.1. The van der Waals surface area contributed by atoms with Gasteiger partial charge in [0.25, 0.3) is 5.56 Å². The van der Waals surface area contributed by atoms with Crippen molar-refractivity contribution in [2.24, 2.45) is 0 Å². The van der Waals surface area contributed by atoms with E-state index in [2.05, 4.69) is 23.1 Å². The molecule has 5 nitrogen and oxygen atoms in total. The molecule has 0 aliphatic heterocycles. The van der Waals surface area contributed by atoms with E-state index in [1.807, 2.05) is 54.6 Å². The number of rotatable bonds is 5. The summed E-state index contributed by atoms with van der Waals surface area (Å²) in [6.07, 6.45) is 3.97. The summed E-state index contributed by atoms with van der Waals surface area (Å²) < 4.78 is 1.49. The van der Waals surface area contributed by atoms with Gasteiger partial charge in [0.2, 0.25) is 0 Å². The van der Waals surface area contributed by atoms with Crippen LogP contribution in [0.3, 0.4) is 0 Å². The summed E-state index contributed by atoms with van der Waals surface area (Å²) in [5.74, 6) is 0. The van der Waals surface area contributed by atoms with E-state index in [-0.39, 0.29) is 5.56 Å². The van der Waals surface area contributed by atoms with Gasteiger partial charge in [-0.25, -0.2) is 9.50 Å². The van der Waals surface area contributed by atoms with Gasteiger partial charge < -0.3 is 0 Å². The molecule has 28 heavy (non-hydrogen) atoms. The molecular weight excluding hydrogens is 348 g/mol. The number of aromatic amines is 1. The molecule has 138 valence electrons. The molecule has 5 heteroatoms. The Morgan fingerprint density at radius 1 is 1.11 bits per heavy atom. The van der Waals surface area contributed by atoms with Crippen molar-refractivity contribution in [3.05, 3.63) is 93.5 Å². The van der Waals surface area contributed by atoms with Crippen molar-refractivity contribution < 1.29 is 0 Å². The van der Waals surface area contributed by atoms with E-state index in [0.717, 1.165) is 40.8 Å². The second kappa shape index (κ2) is 7.53. The molecule has 0 fully saturated rings. The van der Waals surface area contributed by atoms with Crippen LogP contribution in [0.4, 0.5) is 0 Å². The van der Waals surface area contributed by atoms with Gasteiger partial charge in [0.05, 0.1) is 17.3 Å². The second-order valence-electron chi connectivity index (χ2n) is 6.78. The zero-order valence-corrected chi connectivity index (χ0v) is 15.6. The van der Waals surface area contributed by atoms with Crippen molar-refractivity contribution >= 4 is 5.65 Å². The fraction of sp³-hybridized carbons (Fsp3) is 0.174. The smallest absolute Gasteiger partial charge is 0.276 e. The van der Waals surface area contributed by atoms with Crippen LogP contribution in [0.15, 0.2) is 65.6 Å². The first-order chi connectivity index (χ1) is 13.7. The number of hydrogen-bond donors (Lipinski definition) is 1. The van der Waals surface area contributed by atoms with Crippen LogP contribution in [0.1, 0.15) is 35.7 Å². The summed E-state index contributed by atoms with van der Waals surface area (Å²) in [5.41, 5.74) is 5.80. The average molecular weight is 368 g/mol. The lowest BCUT2D eigenvalue weighted by Crippen LogP contribution is -2.23. The van der Waals surface area contributed by atoms with Crippen molar-refractivity contribution in [3.8, 4) is 17.2 Å². The first kappa shape index (κ1) is 17.7. The van der Waals surface area contributed by atoms with Crippen molar-refractivity contribution in [3.63, 3.8) is 0 Å². The van der Waals surface area contributed by atoms with Crippen molar-refractivity contribution in [2.45, 2.75) is 26.2 Å². The Hall–Kier alpha value is -3.65. The van der Waals surface area contributed by atoms with Crippen molar-refractivity contribution in [1.82, 2.24) is 14.6 Å². The largest absolute Gasteiger partial charge is 0.297 e. The first-order valence-electron chi connectivity index (χ1n) is 9.37. The number of H-pyrrole nitrogens is 1. The van der Waals surface area contributed by atoms with Gasteiger partial charge in [-0.05, 0) is 29.2 Å². The fourth-order valence-corrected chi connectivity index (χ4v) is 3.50. The lowest BCUT2D eigenvalue weighted by atomic mass is 9.97. The van der Waals surface area contributed by atoms with E-state index >= 15 is 0 Å². The Kier molecular flexibility index (Phi) is 4.77. The van der Waals surface area contributed by atoms with Gasteiger partial charge in [-0.3, -0.25) is 9.89 Å². The Bertz CT molecular complexity index is 1230. The number of nitriles is 1. The molecule has 0 radical (unpaired) electrons. The summed E-state index contributed by atoms with van der Waals surface area (Å²) in [5, 5.41) is 12.3. The maximum atomic E-state index is 12.9. The third-order valence-corrected chi connectivity index (χ3v) is 4.90. The monoisotopic (exact) mass is 368 g/mol. The van der Waals surface area contributed by atoms with Gasteiger partial charge in [-0.15, -0.1) is 0 Å². The minimum Gasteiger partial charge on any atom is -0.297 e. The molecule has 4 aromatic rings. The topological polar surface area (TPSA) is 74.0 Å². The van der Waals surface area contributed by atoms with Gasteiger partial charge in [-0.2, -0.15) is 5.26 Å². The number of aryl methyl sites for hydroxylation is 1. The molecule has 2 heterocycles. The van der Waals surface area contributed by atoms with Crippen LogP contribution in [-0.4, -0.2) is 14.6 Å². The SMILES string of the molecule is CCCc1nc2cc[nH]n2c(=O)c1Cc1ccc(-c2ccccc2C#N)cc1. The van der Waals surface area contributed by atoms with E-state index in [4.69, 9.17) is 0 Å². The van der Waals surface area contributed by atoms with Gasteiger partial charge in [0.15, 0.2) is 5.65 Å². The van der Waals surface area contributed by atoms with Crippen LogP contribution in [-0.2, 0) is 12.8 Å². The molecule has 0 aliphatic carbocycles. The van der Waals surface area contributed by atoms with Gasteiger partial charge >= 0.3 is 0 Å². The van der Waals surface area contributed by atoms with Crippen LogP contribution < -0.4 is 5.56 Å². The predicted molar refractivity (Wildman–Crippen MR) is 109 cm³/mol. The predicted octanol–water partition coefficient (Wildman–Crippen LogP) is 4.10. The Balaban J connectivity index is 1.70. The third kappa shape index (κ3) is 3.21. The number of benzene rings is 2. The van der Waals surface area contributed by atoms with E-state index in [9.17, 15) is 10.1 Å². The Labute approximate surface area is 162 Å². The molecule has 0 saturated heterocycles. The highest BCUT2D eigenvalue weighted by Gasteiger charge is 2.14. The van der Waals surface area contributed by atoms with Crippen LogP contribution >= 0.6 is 0 Å².